The molecule has 0 aliphatic heterocycles. The summed E-state index contributed by atoms with van der Waals surface area (Å²) in [6, 6.07) is 14.6. The second-order valence-corrected chi connectivity index (χ2v) is 4.75. The third-order valence-corrected chi connectivity index (χ3v) is 3.64. The third kappa shape index (κ3) is 1.75. The van der Waals surface area contributed by atoms with Gasteiger partial charge in [-0.05, 0) is 24.5 Å². The van der Waals surface area contributed by atoms with E-state index in [2.05, 4.69) is 35.3 Å². The van der Waals surface area contributed by atoms with Crippen LogP contribution in [0.2, 0.25) is 0 Å². The Morgan fingerprint density at radius 1 is 1.06 bits per heavy atom. The van der Waals surface area contributed by atoms with Gasteiger partial charge in [0.25, 0.3) is 0 Å². The fraction of sp³-hybridized carbons (Fsp3) is 0.267. The summed E-state index contributed by atoms with van der Waals surface area (Å²) in [6.45, 7) is 0.698. The molecule has 0 bridgehead atoms. The van der Waals surface area contributed by atoms with Crippen molar-refractivity contribution in [1.29, 1.82) is 0 Å². The summed E-state index contributed by atoms with van der Waals surface area (Å²) in [6.07, 6.45) is 4.21. The highest BCUT2D eigenvalue weighted by Gasteiger charge is 2.45. The molecule has 2 nitrogen and oxygen atoms in total. The minimum Gasteiger partial charge on any atom is -0.330 e. The number of pyridine rings is 1. The highest BCUT2D eigenvalue weighted by atomic mass is 14.8. The van der Waals surface area contributed by atoms with Gasteiger partial charge in [0.05, 0.1) is 5.69 Å². The van der Waals surface area contributed by atoms with E-state index in [1.54, 1.807) is 0 Å². The number of hydrogen-bond donors (Lipinski definition) is 1. The van der Waals surface area contributed by atoms with Gasteiger partial charge in [0.2, 0.25) is 0 Å². The zero-order valence-electron chi connectivity index (χ0n) is 9.76. The van der Waals surface area contributed by atoms with Crippen LogP contribution in [0.1, 0.15) is 18.5 Å². The quantitative estimate of drug-likeness (QED) is 0.870. The Morgan fingerprint density at radius 2 is 1.82 bits per heavy atom. The summed E-state index contributed by atoms with van der Waals surface area (Å²) in [7, 11) is 0. The molecular formula is C15H16N2. The van der Waals surface area contributed by atoms with E-state index in [0.717, 1.165) is 0 Å². The molecule has 0 amide bonds. The Kier molecular flexibility index (Phi) is 2.45. The first-order valence-corrected chi connectivity index (χ1v) is 6.07. The largest absolute Gasteiger partial charge is 0.330 e. The molecule has 1 saturated carbocycles. The Morgan fingerprint density at radius 3 is 2.47 bits per heavy atom. The van der Waals surface area contributed by atoms with E-state index >= 15 is 0 Å². The first-order chi connectivity index (χ1) is 8.36. The maximum absolute atomic E-state index is 5.91. The predicted octanol–water partition coefficient (Wildman–Crippen LogP) is 2.74. The lowest BCUT2D eigenvalue weighted by atomic mass is 9.93. The molecule has 1 aromatic carbocycles. The van der Waals surface area contributed by atoms with Crippen LogP contribution in [0.15, 0.2) is 48.7 Å². The third-order valence-electron chi connectivity index (χ3n) is 3.64. The smallest absolute Gasteiger partial charge is 0.0556 e. The van der Waals surface area contributed by atoms with Crippen molar-refractivity contribution in [3.05, 3.63) is 54.4 Å². The molecule has 0 saturated heterocycles. The van der Waals surface area contributed by atoms with Crippen LogP contribution in [0.4, 0.5) is 0 Å². The molecule has 1 aromatic heterocycles. The van der Waals surface area contributed by atoms with Gasteiger partial charge in [-0.1, -0.05) is 36.4 Å². The van der Waals surface area contributed by atoms with E-state index in [-0.39, 0.29) is 5.41 Å². The molecule has 0 radical (unpaired) electrons. The molecule has 1 fully saturated rings. The Hall–Kier alpha value is -1.67. The van der Waals surface area contributed by atoms with Gasteiger partial charge in [-0.2, -0.15) is 0 Å². The first-order valence-electron chi connectivity index (χ1n) is 6.07. The summed E-state index contributed by atoms with van der Waals surface area (Å²) in [5.41, 5.74) is 9.69. The minimum absolute atomic E-state index is 0.145. The Balaban J connectivity index is 2.12. The highest BCUT2D eigenvalue weighted by molar-refractivity contribution is 5.67. The van der Waals surface area contributed by atoms with Crippen LogP contribution >= 0.6 is 0 Å². The summed E-state index contributed by atoms with van der Waals surface area (Å²) in [4.78, 5) is 4.58. The number of aromatic nitrogens is 1. The van der Waals surface area contributed by atoms with E-state index < -0.39 is 0 Å². The Labute approximate surface area is 102 Å². The van der Waals surface area contributed by atoms with Crippen molar-refractivity contribution in [2.24, 2.45) is 5.73 Å². The van der Waals surface area contributed by atoms with E-state index in [9.17, 15) is 0 Å². The molecule has 1 aliphatic carbocycles. The van der Waals surface area contributed by atoms with Crippen molar-refractivity contribution in [1.82, 2.24) is 4.98 Å². The van der Waals surface area contributed by atoms with E-state index in [4.69, 9.17) is 5.73 Å². The van der Waals surface area contributed by atoms with Crippen molar-refractivity contribution in [3.63, 3.8) is 0 Å². The monoisotopic (exact) mass is 224 g/mol. The van der Waals surface area contributed by atoms with Gasteiger partial charge in [0, 0.05) is 23.7 Å². The summed E-state index contributed by atoms with van der Waals surface area (Å²) in [5.74, 6) is 0. The lowest BCUT2D eigenvalue weighted by Crippen LogP contribution is -2.21. The molecule has 17 heavy (non-hydrogen) atoms. The molecule has 2 heteroatoms. The van der Waals surface area contributed by atoms with E-state index in [1.165, 1.54) is 29.7 Å². The fourth-order valence-corrected chi connectivity index (χ4v) is 2.37. The van der Waals surface area contributed by atoms with E-state index in [0.29, 0.717) is 6.54 Å². The second-order valence-electron chi connectivity index (χ2n) is 4.75. The zero-order chi connectivity index (χ0) is 11.7. The average Bonchev–Trinajstić information content (AvgIpc) is 3.21. The molecule has 0 atom stereocenters. The molecule has 86 valence electrons. The van der Waals surface area contributed by atoms with Gasteiger partial charge in [-0.15, -0.1) is 0 Å². The highest BCUT2D eigenvalue weighted by Crippen LogP contribution is 2.49. The number of rotatable bonds is 3. The summed E-state index contributed by atoms with van der Waals surface area (Å²) in [5, 5.41) is 0. The number of nitrogens with zero attached hydrogens (tertiary/aromatic N) is 1. The molecule has 3 rings (SSSR count). The van der Waals surface area contributed by atoms with Gasteiger partial charge in [0.1, 0.15) is 0 Å². The van der Waals surface area contributed by atoms with Crippen molar-refractivity contribution in [2.75, 3.05) is 6.54 Å². The van der Waals surface area contributed by atoms with Crippen LogP contribution in [0, 0.1) is 0 Å². The molecule has 1 heterocycles. The van der Waals surface area contributed by atoms with Crippen LogP contribution in [-0.4, -0.2) is 11.5 Å². The first kappa shape index (κ1) is 10.5. The van der Waals surface area contributed by atoms with Crippen LogP contribution < -0.4 is 5.73 Å². The fourth-order valence-electron chi connectivity index (χ4n) is 2.37. The zero-order valence-corrected chi connectivity index (χ0v) is 9.76. The van der Waals surface area contributed by atoms with Crippen molar-refractivity contribution < 1.29 is 0 Å². The molecule has 0 spiro atoms. The van der Waals surface area contributed by atoms with Crippen molar-refractivity contribution in [3.8, 4) is 11.1 Å². The maximum atomic E-state index is 5.91. The number of hydrogen-bond acceptors (Lipinski definition) is 2. The van der Waals surface area contributed by atoms with Gasteiger partial charge in [-0.3, -0.25) is 4.98 Å². The van der Waals surface area contributed by atoms with Crippen LogP contribution in [0.3, 0.4) is 0 Å². The molecular weight excluding hydrogens is 208 g/mol. The van der Waals surface area contributed by atoms with Crippen molar-refractivity contribution >= 4 is 0 Å². The predicted molar refractivity (Wildman–Crippen MR) is 69.6 cm³/mol. The lowest BCUT2D eigenvalue weighted by molar-refractivity contribution is 0.681. The molecule has 0 unspecified atom stereocenters. The van der Waals surface area contributed by atoms with Crippen molar-refractivity contribution in [2.45, 2.75) is 18.3 Å². The molecule has 1 aliphatic rings. The van der Waals surface area contributed by atoms with Crippen LogP contribution in [0.5, 0.6) is 0 Å². The van der Waals surface area contributed by atoms with Gasteiger partial charge in [0.15, 0.2) is 0 Å². The summed E-state index contributed by atoms with van der Waals surface area (Å²) < 4.78 is 0. The molecule has 2 aromatic rings. The topological polar surface area (TPSA) is 38.9 Å². The average molecular weight is 224 g/mol. The Bertz CT molecular complexity index is 515. The van der Waals surface area contributed by atoms with Gasteiger partial charge >= 0.3 is 0 Å². The van der Waals surface area contributed by atoms with Gasteiger partial charge < -0.3 is 5.73 Å². The SMILES string of the molecule is NCC1(c2ncccc2-c2ccccc2)CC1. The second kappa shape index (κ2) is 3.97. The minimum atomic E-state index is 0.145. The molecule has 2 N–H and O–H groups in total. The van der Waals surface area contributed by atoms with Gasteiger partial charge in [-0.25, -0.2) is 0 Å². The standard InChI is InChI=1S/C15H16N2/c16-11-15(8-9-15)14-13(7-4-10-17-14)12-5-2-1-3-6-12/h1-7,10H,8-9,11,16H2. The lowest BCUT2D eigenvalue weighted by Gasteiger charge is -2.16. The van der Waals surface area contributed by atoms with E-state index in [1.807, 2.05) is 18.3 Å². The number of nitrogens with two attached hydrogens (primary N) is 1. The van der Waals surface area contributed by atoms with Crippen LogP contribution in [0.25, 0.3) is 11.1 Å². The summed E-state index contributed by atoms with van der Waals surface area (Å²) >= 11 is 0. The maximum Gasteiger partial charge on any atom is 0.0556 e. The number of benzene rings is 1. The van der Waals surface area contributed by atoms with Crippen LogP contribution in [-0.2, 0) is 5.41 Å². The normalized spacial score (nSPS) is 16.8.